The van der Waals surface area contributed by atoms with Crippen molar-refractivity contribution in [3.05, 3.63) is 0 Å². The van der Waals surface area contributed by atoms with E-state index in [9.17, 15) is 9.59 Å². The number of likely N-dealkylation sites (N-methyl/N-ethyl adjacent to an activating group) is 1. The van der Waals surface area contributed by atoms with E-state index < -0.39 is 0 Å². The maximum Gasteiger partial charge on any atom is 0.242 e. The lowest BCUT2D eigenvalue weighted by Crippen LogP contribution is -2.51. The molecule has 2 fully saturated rings. The maximum atomic E-state index is 12.2. The van der Waals surface area contributed by atoms with Gasteiger partial charge in [-0.05, 0) is 32.7 Å². The molecule has 0 aliphatic carbocycles. The van der Waals surface area contributed by atoms with Crippen molar-refractivity contribution in [3.63, 3.8) is 0 Å². The van der Waals surface area contributed by atoms with Gasteiger partial charge in [0.15, 0.2) is 0 Å². The molecule has 18 heavy (non-hydrogen) atoms. The zero-order valence-corrected chi connectivity index (χ0v) is 11.2. The molecule has 5 heteroatoms. The van der Waals surface area contributed by atoms with Crippen LogP contribution in [0.2, 0.25) is 0 Å². The van der Waals surface area contributed by atoms with Crippen molar-refractivity contribution < 1.29 is 9.59 Å². The van der Waals surface area contributed by atoms with Gasteiger partial charge < -0.3 is 15.1 Å². The molecule has 2 aliphatic rings. The summed E-state index contributed by atoms with van der Waals surface area (Å²) in [5, 5.41) is 3.23. The van der Waals surface area contributed by atoms with Crippen LogP contribution in [0.15, 0.2) is 0 Å². The molecule has 1 N–H and O–H groups in total. The minimum absolute atomic E-state index is 0.102. The van der Waals surface area contributed by atoms with Crippen molar-refractivity contribution >= 4 is 11.8 Å². The predicted molar refractivity (Wildman–Crippen MR) is 69.1 cm³/mol. The van der Waals surface area contributed by atoms with Crippen LogP contribution < -0.4 is 5.32 Å². The zero-order chi connectivity index (χ0) is 13.0. The summed E-state index contributed by atoms with van der Waals surface area (Å²) in [5.74, 6) is 0.238. The standard InChI is InChI=1S/C13H23N3O2/c1-14-11-5-4-8-15(9-11)13(18)10-16-7-3-2-6-12(16)17/h11,14H,2-10H2,1H3. The van der Waals surface area contributed by atoms with E-state index in [4.69, 9.17) is 0 Å². The minimum Gasteiger partial charge on any atom is -0.340 e. The molecule has 2 aliphatic heterocycles. The number of hydrogen-bond acceptors (Lipinski definition) is 3. The minimum atomic E-state index is 0.102. The Hall–Kier alpha value is -1.10. The molecule has 0 aromatic carbocycles. The third-order valence-electron chi connectivity index (χ3n) is 3.93. The van der Waals surface area contributed by atoms with Gasteiger partial charge in [0.25, 0.3) is 0 Å². The summed E-state index contributed by atoms with van der Waals surface area (Å²) in [6.07, 6.45) is 4.77. The molecule has 0 spiro atoms. The third kappa shape index (κ3) is 3.22. The Morgan fingerprint density at radius 3 is 2.89 bits per heavy atom. The summed E-state index contributed by atoms with van der Waals surface area (Å²) >= 11 is 0. The molecule has 0 aromatic rings. The quantitative estimate of drug-likeness (QED) is 0.782. The van der Waals surface area contributed by atoms with Gasteiger partial charge in [0.1, 0.15) is 0 Å². The van der Waals surface area contributed by atoms with Crippen LogP contribution in [-0.2, 0) is 9.59 Å². The van der Waals surface area contributed by atoms with E-state index in [2.05, 4.69) is 5.32 Å². The number of nitrogens with one attached hydrogen (secondary N) is 1. The first kappa shape index (κ1) is 13.3. The fourth-order valence-corrected chi connectivity index (χ4v) is 2.73. The van der Waals surface area contributed by atoms with Gasteiger partial charge in [-0.3, -0.25) is 9.59 Å². The van der Waals surface area contributed by atoms with Gasteiger partial charge in [0, 0.05) is 32.1 Å². The Kier molecular flexibility index (Phi) is 4.58. The summed E-state index contributed by atoms with van der Waals surface area (Å²) < 4.78 is 0. The van der Waals surface area contributed by atoms with Crippen LogP contribution in [0.5, 0.6) is 0 Å². The molecule has 5 nitrogen and oxygen atoms in total. The van der Waals surface area contributed by atoms with Gasteiger partial charge in [0.05, 0.1) is 6.54 Å². The summed E-state index contributed by atoms with van der Waals surface area (Å²) in [6, 6.07) is 0.403. The number of nitrogens with zero attached hydrogens (tertiary/aromatic N) is 2. The first-order valence-electron chi connectivity index (χ1n) is 6.93. The first-order valence-corrected chi connectivity index (χ1v) is 6.93. The van der Waals surface area contributed by atoms with Gasteiger partial charge in [-0.15, -0.1) is 0 Å². The van der Waals surface area contributed by atoms with E-state index in [0.717, 1.165) is 45.3 Å². The van der Waals surface area contributed by atoms with E-state index in [1.165, 1.54) is 0 Å². The molecule has 1 atom stereocenters. The second kappa shape index (κ2) is 6.18. The van der Waals surface area contributed by atoms with Crippen molar-refractivity contribution in [2.24, 2.45) is 0 Å². The molecule has 2 saturated heterocycles. The fraction of sp³-hybridized carbons (Fsp3) is 0.846. The smallest absolute Gasteiger partial charge is 0.242 e. The van der Waals surface area contributed by atoms with Crippen LogP contribution in [0, 0.1) is 0 Å². The lowest BCUT2D eigenvalue weighted by Gasteiger charge is -2.35. The van der Waals surface area contributed by atoms with Gasteiger partial charge >= 0.3 is 0 Å². The van der Waals surface area contributed by atoms with E-state index in [1.54, 1.807) is 4.90 Å². The van der Waals surface area contributed by atoms with E-state index in [1.807, 2.05) is 11.9 Å². The summed E-state index contributed by atoms with van der Waals surface area (Å²) in [6.45, 7) is 2.62. The van der Waals surface area contributed by atoms with Crippen LogP contribution in [0.4, 0.5) is 0 Å². The number of carbonyl (C=O) groups is 2. The Morgan fingerprint density at radius 1 is 1.33 bits per heavy atom. The molecule has 2 heterocycles. The molecule has 1 unspecified atom stereocenters. The van der Waals surface area contributed by atoms with Crippen LogP contribution in [0.3, 0.4) is 0 Å². The molecule has 2 amide bonds. The Morgan fingerprint density at radius 2 is 2.17 bits per heavy atom. The van der Waals surface area contributed by atoms with E-state index in [0.29, 0.717) is 12.5 Å². The number of likely N-dealkylation sites (tertiary alicyclic amines) is 2. The molecule has 0 aromatic heterocycles. The normalized spacial score (nSPS) is 25.4. The maximum absolute atomic E-state index is 12.2. The molecular weight excluding hydrogens is 230 g/mol. The van der Waals surface area contributed by atoms with Crippen LogP contribution in [-0.4, -0.2) is 60.9 Å². The first-order chi connectivity index (χ1) is 8.70. The van der Waals surface area contributed by atoms with Crippen molar-refractivity contribution in [3.8, 4) is 0 Å². The monoisotopic (exact) mass is 253 g/mol. The van der Waals surface area contributed by atoms with Gasteiger partial charge in [0.2, 0.25) is 11.8 Å². The molecule has 102 valence electrons. The zero-order valence-electron chi connectivity index (χ0n) is 11.2. The third-order valence-corrected chi connectivity index (χ3v) is 3.93. The average molecular weight is 253 g/mol. The number of hydrogen-bond donors (Lipinski definition) is 1. The second-order valence-electron chi connectivity index (χ2n) is 5.24. The van der Waals surface area contributed by atoms with Crippen LogP contribution in [0.1, 0.15) is 32.1 Å². The second-order valence-corrected chi connectivity index (χ2v) is 5.24. The summed E-state index contributed by atoms with van der Waals surface area (Å²) in [7, 11) is 1.94. The van der Waals surface area contributed by atoms with Crippen molar-refractivity contribution in [2.45, 2.75) is 38.1 Å². The van der Waals surface area contributed by atoms with Crippen molar-refractivity contribution in [1.29, 1.82) is 0 Å². The molecule has 2 rings (SSSR count). The molecule has 0 bridgehead atoms. The Balaban J connectivity index is 1.85. The largest absolute Gasteiger partial charge is 0.340 e. The highest BCUT2D eigenvalue weighted by Gasteiger charge is 2.26. The number of rotatable bonds is 3. The van der Waals surface area contributed by atoms with Crippen molar-refractivity contribution in [2.75, 3.05) is 33.2 Å². The highest BCUT2D eigenvalue weighted by Crippen LogP contribution is 2.13. The fourth-order valence-electron chi connectivity index (χ4n) is 2.73. The number of carbonyl (C=O) groups excluding carboxylic acids is 2. The number of piperidine rings is 2. The van der Waals surface area contributed by atoms with Gasteiger partial charge in [-0.1, -0.05) is 0 Å². The van der Waals surface area contributed by atoms with E-state index >= 15 is 0 Å². The van der Waals surface area contributed by atoms with Crippen LogP contribution in [0.25, 0.3) is 0 Å². The predicted octanol–water partition coefficient (Wildman–Crippen LogP) is 0.209. The average Bonchev–Trinajstić information content (AvgIpc) is 2.41. The lowest BCUT2D eigenvalue weighted by atomic mass is 10.1. The Labute approximate surface area is 108 Å². The summed E-state index contributed by atoms with van der Waals surface area (Å²) in [5.41, 5.74) is 0. The highest BCUT2D eigenvalue weighted by molar-refractivity contribution is 5.85. The summed E-state index contributed by atoms with van der Waals surface area (Å²) in [4.78, 5) is 27.5. The number of amides is 2. The molecule has 0 radical (unpaired) electrons. The SMILES string of the molecule is CNC1CCCN(C(=O)CN2CCCCC2=O)C1. The molecular formula is C13H23N3O2. The van der Waals surface area contributed by atoms with Gasteiger partial charge in [-0.2, -0.15) is 0 Å². The molecule has 0 saturated carbocycles. The van der Waals surface area contributed by atoms with Gasteiger partial charge in [-0.25, -0.2) is 0 Å². The van der Waals surface area contributed by atoms with Crippen LogP contribution >= 0.6 is 0 Å². The highest BCUT2D eigenvalue weighted by atomic mass is 16.2. The Bertz CT molecular complexity index is 319. The van der Waals surface area contributed by atoms with Crippen molar-refractivity contribution in [1.82, 2.24) is 15.1 Å². The lowest BCUT2D eigenvalue weighted by molar-refractivity contribution is -0.142. The van der Waals surface area contributed by atoms with E-state index in [-0.39, 0.29) is 18.4 Å². The topological polar surface area (TPSA) is 52.7 Å².